The van der Waals surface area contributed by atoms with Crippen LogP contribution in [0, 0.1) is 0 Å². The first-order valence-corrected chi connectivity index (χ1v) is 5.39. The summed E-state index contributed by atoms with van der Waals surface area (Å²) in [4.78, 5) is 4.23. The summed E-state index contributed by atoms with van der Waals surface area (Å²) < 4.78 is 10.6. The SMILES string of the molecule is CCOc1cc(Cl)nc2cc(OC)ccc12. The Morgan fingerprint density at radius 3 is 2.81 bits per heavy atom. The van der Waals surface area contributed by atoms with Crippen molar-refractivity contribution in [1.29, 1.82) is 0 Å². The topological polar surface area (TPSA) is 31.4 Å². The Morgan fingerprint density at radius 2 is 2.12 bits per heavy atom. The first-order chi connectivity index (χ1) is 7.74. The molecule has 1 aromatic carbocycles. The van der Waals surface area contributed by atoms with Gasteiger partial charge in [-0.1, -0.05) is 11.6 Å². The van der Waals surface area contributed by atoms with Gasteiger partial charge in [0.2, 0.25) is 0 Å². The molecule has 1 aromatic heterocycles. The normalized spacial score (nSPS) is 10.4. The predicted molar refractivity (Wildman–Crippen MR) is 64.5 cm³/mol. The Hall–Kier alpha value is -1.48. The molecule has 0 saturated heterocycles. The molecule has 0 amide bonds. The Kier molecular flexibility index (Phi) is 3.15. The van der Waals surface area contributed by atoms with Crippen molar-refractivity contribution < 1.29 is 9.47 Å². The third kappa shape index (κ3) is 2.04. The van der Waals surface area contributed by atoms with Gasteiger partial charge in [0.05, 0.1) is 19.2 Å². The van der Waals surface area contributed by atoms with Gasteiger partial charge in [0, 0.05) is 17.5 Å². The summed E-state index contributed by atoms with van der Waals surface area (Å²) in [6, 6.07) is 7.35. The van der Waals surface area contributed by atoms with E-state index in [4.69, 9.17) is 21.1 Å². The number of ether oxygens (including phenoxy) is 2. The number of fused-ring (bicyclic) bond motifs is 1. The Bertz CT molecular complexity index is 514. The highest BCUT2D eigenvalue weighted by molar-refractivity contribution is 6.30. The molecule has 0 aliphatic heterocycles. The van der Waals surface area contributed by atoms with E-state index in [0.29, 0.717) is 11.8 Å². The lowest BCUT2D eigenvalue weighted by molar-refractivity contribution is 0.344. The first-order valence-electron chi connectivity index (χ1n) is 5.01. The average molecular weight is 238 g/mol. The maximum absolute atomic E-state index is 5.92. The second kappa shape index (κ2) is 4.58. The molecule has 0 saturated carbocycles. The molecule has 0 atom stereocenters. The van der Waals surface area contributed by atoms with Gasteiger partial charge in [-0.25, -0.2) is 4.98 Å². The standard InChI is InChI=1S/C12H12ClNO2/c1-3-16-11-7-12(13)14-10-6-8(15-2)4-5-9(10)11/h4-7H,3H2,1-2H3. The highest BCUT2D eigenvalue weighted by Gasteiger charge is 2.06. The van der Waals surface area contributed by atoms with Crippen LogP contribution in [0.15, 0.2) is 24.3 Å². The molecule has 3 nitrogen and oxygen atoms in total. The van der Waals surface area contributed by atoms with Gasteiger partial charge in [0.1, 0.15) is 16.7 Å². The lowest BCUT2D eigenvalue weighted by Gasteiger charge is -2.08. The molecule has 2 aromatic rings. The van der Waals surface area contributed by atoms with Crippen molar-refractivity contribution in [3.8, 4) is 11.5 Å². The summed E-state index contributed by atoms with van der Waals surface area (Å²) >= 11 is 5.92. The van der Waals surface area contributed by atoms with Gasteiger partial charge in [0.25, 0.3) is 0 Å². The predicted octanol–water partition coefficient (Wildman–Crippen LogP) is 3.30. The molecule has 0 bridgehead atoms. The molecule has 0 aliphatic rings. The van der Waals surface area contributed by atoms with Gasteiger partial charge in [-0.2, -0.15) is 0 Å². The molecule has 1 heterocycles. The van der Waals surface area contributed by atoms with E-state index in [0.717, 1.165) is 22.4 Å². The molecule has 0 fully saturated rings. The minimum atomic E-state index is 0.421. The molecule has 84 valence electrons. The third-order valence-corrected chi connectivity index (χ3v) is 2.44. The van der Waals surface area contributed by atoms with Gasteiger partial charge in [0.15, 0.2) is 0 Å². The number of pyridine rings is 1. The van der Waals surface area contributed by atoms with E-state index in [2.05, 4.69) is 4.98 Å². The van der Waals surface area contributed by atoms with Gasteiger partial charge < -0.3 is 9.47 Å². The number of nitrogens with zero attached hydrogens (tertiary/aromatic N) is 1. The summed E-state index contributed by atoms with van der Waals surface area (Å²) in [5.41, 5.74) is 0.773. The summed E-state index contributed by atoms with van der Waals surface area (Å²) in [5, 5.41) is 1.36. The number of rotatable bonds is 3. The third-order valence-electron chi connectivity index (χ3n) is 2.25. The Balaban J connectivity index is 2.63. The van der Waals surface area contributed by atoms with Crippen molar-refractivity contribution in [3.05, 3.63) is 29.4 Å². The van der Waals surface area contributed by atoms with Crippen LogP contribution in [0.3, 0.4) is 0 Å². The highest BCUT2D eigenvalue weighted by atomic mass is 35.5. The van der Waals surface area contributed by atoms with Gasteiger partial charge >= 0.3 is 0 Å². The quantitative estimate of drug-likeness (QED) is 0.768. The van der Waals surface area contributed by atoms with Crippen LogP contribution in [0.1, 0.15) is 6.92 Å². The van der Waals surface area contributed by atoms with E-state index in [1.807, 2.05) is 25.1 Å². The Morgan fingerprint density at radius 1 is 1.31 bits per heavy atom. The van der Waals surface area contributed by atoms with Crippen LogP contribution in [-0.2, 0) is 0 Å². The second-order valence-electron chi connectivity index (χ2n) is 3.26. The van der Waals surface area contributed by atoms with Crippen LogP contribution >= 0.6 is 11.6 Å². The van der Waals surface area contributed by atoms with E-state index in [1.165, 1.54) is 0 Å². The molecular weight excluding hydrogens is 226 g/mol. The minimum Gasteiger partial charge on any atom is -0.497 e. The average Bonchev–Trinajstić information content (AvgIpc) is 2.28. The van der Waals surface area contributed by atoms with Crippen LogP contribution in [-0.4, -0.2) is 18.7 Å². The minimum absolute atomic E-state index is 0.421. The monoisotopic (exact) mass is 237 g/mol. The summed E-state index contributed by atoms with van der Waals surface area (Å²) in [6.07, 6.45) is 0. The number of hydrogen-bond donors (Lipinski definition) is 0. The lowest BCUT2D eigenvalue weighted by atomic mass is 10.2. The van der Waals surface area contributed by atoms with Crippen molar-refractivity contribution >= 4 is 22.5 Å². The number of halogens is 1. The lowest BCUT2D eigenvalue weighted by Crippen LogP contribution is -1.94. The maximum atomic E-state index is 5.92. The number of benzene rings is 1. The zero-order chi connectivity index (χ0) is 11.5. The van der Waals surface area contributed by atoms with E-state index in [9.17, 15) is 0 Å². The molecule has 16 heavy (non-hydrogen) atoms. The Labute approximate surface area is 99.0 Å². The second-order valence-corrected chi connectivity index (χ2v) is 3.65. The molecular formula is C12H12ClNO2. The fourth-order valence-corrected chi connectivity index (χ4v) is 1.74. The van der Waals surface area contributed by atoms with Crippen molar-refractivity contribution in [2.45, 2.75) is 6.92 Å². The summed E-state index contributed by atoms with van der Waals surface area (Å²) in [5.74, 6) is 1.50. The highest BCUT2D eigenvalue weighted by Crippen LogP contribution is 2.29. The van der Waals surface area contributed by atoms with Crippen LogP contribution in [0.25, 0.3) is 10.9 Å². The maximum Gasteiger partial charge on any atom is 0.133 e. The van der Waals surface area contributed by atoms with Crippen LogP contribution in [0.5, 0.6) is 11.5 Å². The van der Waals surface area contributed by atoms with E-state index in [-0.39, 0.29) is 0 Å². The molecule has 0 aliphatic carbocycles. The van der Waals surface area contributed by atoms with E-state index < -0.39 is 0 Å². The molecule has 0 spiro atoms. The molecule has 0 N–H and O–H groups in total. The largest absolute Gasteiger partial charge is 0.497 e. The summed E-state index contributed by atoms with van der Waals surface area (Å²) in [6.45, 7) is 2.53. The zero-order valence-corrected chi connectivity index (χ0v) is 9.91. The molecule has 0 radical (unpaired) electrons. The van der Waals surface area contributed by atoms with E-state index in [1.54, 1.807) is 13.2 Å². The summed E-state index contributed by atoms with van der Waals surface area (Å²) in [7, 11) is 1.62. The molecule has 4 heteroatoms. The fraction of sp³-hybridized carbons (Fsp3) is 0.250. The van der Waals surface area contributed by atoms with Crippen LogP contribution in [0.2, 0.25) is 5.15 Å². The van der Waals surface area contributed by atoms with E-state index >= 15 is 0 Å². The van der Waals surface area contributed by atoms with Crippen LogP contribution < -0.4 is 9.47 Å². The molecule has 2 rings (SSSR count). The van der Waals surface area contributed by atoms with Crippen LogP contribution in [0.4, 0.5) is 0 Å². The number of methoxy groups -OCH3 is 1. The molecule has 0 unspecified atom stereocenters. The van der Waals surface area contributed by atoms with Gasteiger partial charge in [-0.05, 0) is 19.1 Å². The van der Waals surface area contributed by atoms with Crippen molar-refractivity contribution in [1.82, 2.24) is 4.98 Å². The fourth-order valence-electron chi connectivity index (χ4n) is 1.55. The van der Waals surface area contributed by atoms with Crippen molar-refractivity contribution in [2.75, 3.05) is 13.7 Å². The first kappa shape index (κ1) is 11.0. The smallest absolute Gasteiger partial charge is 0.133 e. The number of aromatic nitrogens is 1. The zero-order valence-electron chi connectivity index (χ0n) is 9.16. The number of hydrogen-bond acceptors (Lipinski definition) is 3. The van der Waals surface area contributed by atoms with Crippen molar-refractivity contribution in [3.63, 3.8) is 0 Å². The van der Waals surface area contributed by atoms with Gasteiger partial charge in [-0.3, -0.25) is 0 Å². The van der Waals surface area contributed by atoms with Gasteiger partial charge in [-0.15, -0.1) is 0 Å². The van der Waals surface area contributed by atoms with Crippen molar-refractivity contribution in [2.24, 2.45) is 0 Å².